The van der Waals surface area contributed by atoms with Crippen molar-refractivity contribution < 1.29 is 22.7 Å². The smallest absolute Gasteiger partial charge is 0.416 e. The Hall–Kier alpha value is -2.70. The van der Waals surface area contributed by atoms with Crippen LogP contribution in [0.4, 0.5) is 30.2 Å². The predicted octanol–water partition coefficient (Wildman–Crippen LogP) is 6.32. The van der Waals surface area contributed by atoms with E-state index in [0.29, 0.717) is 23.0 Å². The summed E-state index contributed by atoms with van der Waals surface area (Å²) >= 11 is 0. The molecule has 0 bridgehead atoms. The summed E-state index contributed by atoms with van der Waals surface area (Å²) in [6, 6.07) is 8.90. The minimum Gasteiger partial charge on any atom is -0.453 e. The molecule has 4 nitrogen and oxygen atoms in total. The van der Waals surface area contributed by atoms with E-state index in [1.54, 1.807) is 24.3 Å². The van der Waals surface area contributed by atoms with Gasteiger partial charge in [-0.2, -0.15) is 13.2 Å². The molecule has 0 spiro atoms. The Balaban J connectivity index is 1.69. The number of amides is 1. The highest BCUT2D eigenvalue weighted by Gasteiger charge is 2.35. The van der Waals surface area contributed by atoms with Crippen LogP contribution >= 0.6 is 0 Å². The lowest BCUT2D eigenvalue weighted by molar-refractivity contribution is -0.137. The van der Waals surface area contributed by atoms with E-state index in [4.69, 9.17) is 4.74 Å². The van der Waals surface area contributed by atoms with Crippen molar-refractivity contribution in [3.8, 4) is 11.5 Å². The van der Waals surface area contributed by atoms with E-state index in [2.05, 4.69) is 17.6 Å². The summed E-state index contributed by atoms with van der Waals surface area (Å²) in [7, 11) is 0. The summed E-state index contributed by atoms with van der Waals surface area (Å²) < 4.78 is 45.8. The Morgan fingerprint density at radius 1 is 1.18 bits per heavy atom. The van der Waals surface area contributed by atoms with Gasteiger partial charge >= 0.3 is 6.18 Å². The highest BCUT2D eigenvalue weighted by atomic mass is 19.4. The predicted molar refractivity (Wildman–Crippen MR) is 101 cm³/mol. The Morgan fingerprint density at radius 2 is 1.96 bits per heavy atom. The van der Waals surface area contributed by atoms with Gasteiger partial charge in [0.05, 0.1) is 16.9 Å². The molecule has 2 aromatic carbocycles. The highest BCUT2D eigenvalue weighted by molar-refractivity contribution is 5.98. The number of hydrogen-bond acceptors (Lipinski definition) is 3. The molecule has 148 valence electrons. The Kier molecular flexibility index (Phi) is 4.69. The maximum Gasteiger partial charge on any atom is 0.416 e. The minimum absolute atomic E-state index is 0.0424. The van der Waals surface area contributed by atoms with E-state index in [9.17, 15) is 18.0 Å². The Bertz CT molecular complexity index is 911. The van der Waals surface area contributed by atoms with Crippen molar-refractivity contribution in [1.82, 2.24) is 0 Å². The molecule has 1 heterocycles. The molecule has 1 fully saturated rings. The minimum atomic E-state index is -4.55. The van der Waals surface area contributed by atoms with Crippen LogP contribution in [0.25, 0.3) is 0 Å². The van der Waals surface area contributed by atoms with Crippen LogP contribution in [0.3, 0.4) is 0 Å². The Morgan fingerprint density at radius 3 is 2.71 bits per heavy atom. The number of hydrogen-bond donors (Lipinski definition) is 2. The molecule has 2 atom stereocenters. The van der Waals surface area contributed by atoms with Crippen LogP contribution in [0.15, 0.2) is 36.4 Å². The molecule has 0 radical (unpaired) electrons. The number of halogens is 3. The van der Waals surface area contributed by atoms with Gasteiger partial charge < -0.3 is 15.4 Å². The maximum atomic E-state index is 13.4. The standard InChI is InChI=1S/C21H21F3N2O2/c1-12-5-4-6-13(9-12)20(27)26-16-10-14(21(22,23)24)11-18-19(16)25-15-7-2-3-8-17(15)28-18/h2-3,7-8,10-13,25H,4-6,9H2,1H3,(H,26,27)/t12?,13-/m0/s1. The first kappa shape index (κ1) is 18.7. The zero-order valence-corrected chi connectivity index (χ0v) is 15.4. The van der Waals surface area contributed by atoms with Gasteiger partial charge in [0, 0.05) is 5.92 Å². The molecule has 2 N–H and O–H groups in total. The van der Waals surface area contributed by atoms with Crippen LogP contribution in [-0.4, -0.2) is 5.91 Å². The van der Waals surface area contributed by atoms with E-state index in [1.165, 1.54) is 0 Å². The molecule has 2 aliphatic rings. The van der Waals surface area contributed by atoms with E-state index in [1.807, 2.05) is 0 Å². The van der Waals surface area contributed by atoms with Crippen molar-refractivity contribution in [2.45, 2.75) is 38.8 Å². The van der Waals surface area contributed by atoms with E-state index in [-0.39, 0.29) is 23.3 Å². The first-order valence-electron chi connectivity index (χ1n) is 9.41. The van der Waals surface area contributed by atoms with Crippen LogP contribution < -0.4 is 15.4 Å². The lowest BCUT2D eigenvalue weighted by Crippen LogP contribution is -2.28. The van der Waals surface area contributed by atoms with Gasteiger partial charge in [0.2, 0.25) is 5.91 Å². The van der Waals surface area contributed by atoms with Gasteiger partial charge in [-0.25, -0.2) is 0 Å². The fourth-order valence-corrected chi connectivity index (χ4v) is 3.91. The Labute approximate surface area is 161 Å². The molecule has 7 heteroatoms. The van der Waals surface area contributed by atoms with Gasteiger partial charge in [-0.3, -0.25) is 4.79 Å². The number of carbonyl (C=O) groups excluding carboxylic acids is 1. The largest absolute Gasteiger partial charge is 0.453 e. The van der Waals surface area contributed by atoms with Crippen molar-refractivity contribution in [2.24, 2.45) is 11.8 Å². The summed E-state index contributed by atoms with van der Waals surface area (Å²) in [5.41, 5.74) is 0.197. The molecule has 0 aromatic heterocycles. The quantitative estimate of drug-likeness (QED) is 0.538. The third-order valence-corrected chi connectivity index (χ3v) is 5.36. The second-order valence-corrected chi connectivity index (χ2v) is 7.58. The van der Waals surface area contributed by atoms with Gasteiger partial charge in [-0.15, -0.1) is 0 Å². The number of para-hydroxylation sites is 2. The number of nitrogens with one attached hydrogen (secondary N) is 2. The van der Waals surface area contributed by atoms with Crippen molar-refractivity contribution in [3.05, 3.63) is 42.0 Å². The highest BCUT2D eigenvalue weighted by Crippen LogP contribution is 2.48. The van der Waals surface area contributed by atoms with Crippen molar-refractivity contribution in [1.29, 1.82) is 0 Å². The molecular weight excluding hydrogens is 369 g/mol. The molecule has 28 heavy (non-hydrogen) atoms. The maximum absolute atomic E-state index is 13.4. The number of ether oxygens (including phenoxy) is 1. The van der Waals surface area contributed by atoms with E-state index < -0.39 is 11.7 Å². The number of fused-ring (bicyclic) bond motifs is 2. The fourth-order valence-electron chi connectivity index (χ4n) is 3.91. The SMILES string of the molecule is CC1CCC[C@H](C(=O)Nc2cc(C(F)(F)F)cc3c2Nc2ccccc2O3)C1. The van der Waals surface area contributed by atoms with Crippen LogP contribution in [0.1, 0.15) is 38.2 Å². The second kappa shape index (κ2) is 7.04. The van der Waals surface area contributed by atoms with Gasteiger partial charge in [0.25, 0.3) is 0 Å². The van der Waals surface area contributed by atoms with Gasteiger partial charge in [-0.05, 0) is 43.0 Å². The lowest BCUT2D eigenvalue weighted by Gasteiger charge is -2.28. The molecule has 4 rings (SSSR count). The molecule has 1 aliphatic carbocycles. The fraction of sp³-hybridized carbons (Fsp3) is 0.381. The summed E-state index contributed by atoms with van der Waals surface area (Å²) in [5, 5.41) is 5.82. The molecule has 1 amide bonds. The monoisotopic (exact) mass is 390 g/mol. The van der Waals surface area contributed by atoms with Crippen molar-refractivity contribution in [2.75, 3.05) is 10.6 Å². The second-order valence-electron chi connectivity index (χ2n) is 7.58. The summed E-state index contributed by atoms with van der Waals surface area (Å²) in [6.07, 6.45) is -1.01. The van der Waals surface area contributed by atoms with Gasteiger partial charge in [0.1, 0.15) is 5.69 Å². The van der Waals surface area contributed by atoms with Crippen LogP contribution in [-0.2, 0) is 11.0 Å². The van der Waals surface area contributed by atoms with E-state index >= 15 is 0 Å². The van der Waals surface area contributed by atoms with Gasteiger partial charge in [0.15, 0.2) is 11.5 Å². The topological polar surface area (TPSA) is 50.4 Å². The van der Waals surface area contributed by atoms with E-state index in [0.717, 1.165) is 37.8 Å². The van der Waals surface area contributed by atoms with Gasteiger partial charge in [-0.1, -0.05) is 31.9 Å². The number of rotatable bonds is 2. The van der Waals surface area contributed by atoms with Crippen LogP contribution in [0.2, 0.25) is 0 Å². The third kappa shape index (κ3) is 3.66. The number of benzene rings is 2. The third-order valence-electron chi connectivity index (χ3n) is 5.36. The number of carbonyl (C=O) groups is 1. The summed E-state index contributed by atoms with van der Waals surface area (Å²) in [4.78, 5) is 12.7. The molecule has 1 saturated carbocycles. The zero-order valence-electron chi connectivity index (χ0n) is 15.4. The molecule has 2 aromatic rings. The summed E-state index contributed by atoms with van der Waals surface area (Å²) in [5.74, 6) is 0.487. The average molecular weight is 390 g/mol. The normalized spacial score (nSPS) is 21.0. The molecule has 1 unspecified atom stereocenters. The molecule has 1 aliphatic heterocycles. The van der Waals surface area contributed by atoms with Crippen molar-refractivity contribution >= 4 is 23.0 Å². The molecular formula is C21H21F3N2O2. The van der Waals surface area contributed by atoms with Crippen molar-refractivity contribution in [3.63, 3.8) is 0 Å². The summed E-state index contributed by atoms with van der Waals surface area (Å²) in [6.45, 7) is 2.10. The lowest BCUT2D eigenvalue weighted by atomic mass is 9.82. The van der Waals surface area contributed by atoms with Crippen LogP contribution in [0, 0.1) is 11.8 Å². The first-order chi connectivity index (χ1) is 13.3. The number of alkyl halides is 3. The molecule has 0 saturated heterocycles. The first-order valence-corrected chi connectivity index (χ1v) is 9.41. The number of anilines is 3. The zero-order chi connectivity index (χ0) is 19.9. The van der Waals surface area contributed by atoms with Crippen LogP contribution in [0.5, 0.6) is 11.5 Å². The average Bonchev–Trinajstić information content (AvgIpc) is 2.65.